The van der Waals surface area contributed by atoms with Crippen LogP contribution in [0.1, 0.15) is 49.1 Å². The fourth-order valence-electron chi connectivity index (χ4n) is 4.67. The van der Waals surface area contributed by atoms with E-state index in [9.17, 15) is 23.5 Å². The Morgan fingerprint density at radius 3 is 2.13 bits per heavy atom. The van der Waals surface area contributed by atoms with Crippen molar-refractivity contribution < 1.29 is 28.2 Å². The molecule has 1 saturated carbocycles. The number of hydrogen-bond donors (Lipinski definition) is 2. The van der Waals surface area contributed by atoms with Gasteiger partial charge in [-0.15, -0.1) is 0 Å². The number of halogens is 2. The molecule has 4 rings (SSSR count). The van der Waals surface area contributed by atoms with E-state index in [4.69, 9.17) is 4.74 Å². The van der Waals surface area contributed by atoms with Crippen LogP contribution in [0.4, 0.5) is 13.6 Å². The van der Waals surface area contributed by atoms with Crippen LogP contribution in [0.2, 0.25) is 0 Å². The molecule has 31 heavy (non-hydrogen) atoms. The molecule has 0 radical (unpaired) electrons. The molecule has 2 aromatic rings. The van der Waals surface area contributed by atoms with Gasteiger partial charge in [0.1, 0.15) is 12.6 Å². The van der Waals surface area contributed by atoms with Crippen molar-refractivity contribution in [3.63, 3.8) is 0 Å². The molecule has 2 N–H and O–H groups in total. The summed E-state index contributed by atoms with van der Waals surface area (Å²) >= 11 is 0. The molecule has 0 bridgehead atoms. The van der Waals surface area contributed by atoms with Gasteiger partial charge in [0.25, 0.3) is 0 Å². The van der Waals surface area contributed by atoms with Gasteiger partial charge in [-0.3, -0.25) is 0 Å². The van der Waals surface area contributed by atoms with Gasteiger partial charge in [0, 0.05) is 18.8 Å². The fraction of sp³-hybridized carbons (Fsp3) is 0.417. The number of benzene rings is 2. The predicted molar refractivity (Wildman–Crippen MR) is 111 cm³/mol. The van der Waals surface area contributed by atoms with Crippen molar-refractivity contribution in [2.24, 2.45) is 5.92 Å². The zero-order valence-corrected chi connectivity index (χ0v) is 17.0. The van der Waals surface area contributed by atoms with E-state index in [0.717, 1.165) is 22.3 Å². The Kier molecular flexibility index (Phi) is 5.94. The number of rotatable bonds is 6. The molecule has 1 fully saturated rings. The summed E-state index contributed by atoms with van der Waals surface area (Å²) in [6.07, 6.45) is -0.665. The second-order valence-corrected chi connectivity index (χ2v) is 8.40. The third-order valence-electron chi connectivity index (χ3n) is 6.34. The Morgan fingerprint density at radius 2 is 1.58 bits per heavy atom. The number of hydrogen-bond acceptors (Lipinski definition) is 3. The molecule has 2 aliphatic rings. The van der Waals surface area contributed by atoms with Crippen molar-refractivity contribution in [3.05, 3.63) is 59.7 Å². The summed E-state index contributed by atoms with van der Waals surface area (Å²) < 4.78 is 32.1. The molecule has 2 aliphatic carbocycles. The third-order valence-corrected chi connectivity index (χ3v) is 6.34. The Morgan fingerprint density at radius 1 is 1.03 bits per heavy atom. The number of alkyl carbamates (subject to hydrolysis) is 1. The smallest absolute Gasteiger partial charge is 0.407 e. The van der Waals surface area contributed by atoms with Crippen molar-refractivity contribution in [1.82, 2.24) is 5.32 Å². The SMILES string of the molecule is O=C(N[C@H](CC1CCC(F)(F)CC1)C(=O)O)OCC1c2ccccc2-c2ccccc21. The van der Waals surface area contributed by atoms with Crippen molar-refractivity contribution >= 4 is 12.1 Å². The van der Waals surface area contributed by atoms with Crippen LogP contribution < -0.4 is 5.32 Å². The Balaban J connectivity index is 1.37. The quantitative estimate of drug-likeness (QED) is 0.662. The van der Waals surface area contributed by atoms with Crippen molar-refractivity contribution in [3.8, 4) is 11.1 Å². The predicted octanol–water partition coefficient (Wildman–Crippen LogP) is 5.19. The molecule has 0 unspecified atom stereocenters. The number of carbonyl (C=O) groups is 2. The Hall–Kier alpha value is -2.96. The summed E-state index contributed by atoms with van der Waals surface area (Å²) in [4.78, 5) is 24.0. The zero-order chi connectivity index (χ0) is 22.0. The summed E-state index contributed by atoms with van der Waals surface area (Å²) in [6.45, 7) is 0.0852. The van der Waals surface area contributed by atoms with E-state index in [-0.39, 0.29) is 50.5 Å². The van der Waals surface area contributed by atoms with E-state index in [1.165, 1.54) is 0 Å². The molecule has 5 nitrogen and oxygen atoms in total. The maximum atomic E-state index is 13.3. The average molecular weight is 429 g/mol. The van der Waals surface area contributed by atoms with Crippen LogP contribution in [0, 0.1) is 5.92 Å². The van der Waals surface area contributed by atoms with Gasteiger partial charge in [-0.2, -0.15) is 0 Å². The summed E-state index contributed by atoms with van der Waals surface area (Å²) in [5.41, 5.74) is 4.33. The largest absolute Gasteiger partial charge is 0.480 e. The number of aliphatic carboxylic acids is 1. The number of carboxylic acids is 1. The number of amides is 1. The first kappa shape index (κ1) is 21.3. The molecule has 0 aromatic heterocycles. The lowest BCUT2D eigenvalue weighted by Gasteiger charge is -2.29. The number of ether oxygens (including phenoxy) is 1. The maximum absolute atomic E-state index is 13.3. The fourth-order valence-corrected chi connectivity index (χ4v) is 4.67. The number of alkyl halides is 2. The van der Waals surface area contributed by atoms with E-state index in [0.29, 0.717) is 0 Å². The van der Waals surface area contributed by atoms with Crippen LogP contribution in [0.15, 0.2) is 48.5 Å². The molecule has 2 aromatic carbocycles. The first-order chi connectivity index (χ1) is 14.8. The van der Waals surface area contributed by atoms with Crippen molar-refractivity contribution in [1.29, 1.82) is 0 Å². The van der Waals surface area contributed by atoms with Crippen LogP contribution in [-0.2, 0) is 9.53 Å². The number of fused-ring (bicyclic) bond motifs is 3. The minimum absolute atomic E-state index is 0.0852. The van der Waals surface area contributed by atoms with Crippen LogP contribution in [0.3, 0.4) is 0 Å². The van der Waals surface area contributed by atoms with Crippen LogP contribution >= 0.6 is 0 Å². The van der Waals surface area contributed by atoms with Gasteiger partial charge in [0.05, 0.1) is 0 Å². The van der Waals surface area contributed by atoms with Gasteiger partial charge in [-0.05, 0) is 47.4 Å². The molecule has 7 heteroatoms. The van der Waals surface area contributed by atoms with Gasteiger partial charge < -0.3 is 15.2 Å². The lowest BCUT2D eigenvalue weighted by atomic mass is 9.83. The summed E-state index contributed by atoms with van der Waals surface area (Å²) in [5.74, 6) is -4.14. The second-order valence-electron chi connectivity index (χ2n) is 8.40. The summed E-state index contributed by atoms with van der Waals surface area (Å²) in [7, 11) is 0. The molecule has 1 atom stereocenters. The normalized spacial score (nSPS) is 18.6. The third kappa shape index (κ3) is 4.70. The number of nitrogens with one attached hydrogen (secondary N) is 1. The van der Waals surface area contributed by atoms with Crippen molar-refractivity contribution in [2.75, 3.05) is 6.61 Å². The van der Waals surface area contributed by atoms with E-state index < -0.39 is 24.0 Å². The summed E-state index contributed by atoms with van der Waals surface area (Å²) in [6, 6.07) is 14.7. The van der Waals surface area contributed by atoms with Crippen LogP contribution in [0.5, 0.6) is 0 Å². The maximum Gasteiger partial charge on any atom is 0.407 e. The van der Waals surface area contributed by atoms with Crippen LogP contribution in [0.25, 0.3) is 11.1 Å². The van der Waals surface area contributed by atoms with E-state index in [2.05, 4.69) is 5.32 Å². The molecular formula is C24H25F2NO4. The van der Waals surface area contributed by atoms with E-state index in [1.807, 2.05) is 48.5 Å². The molecule has 164 valence electrons. The highest BCUT2D eigenvalue weighted by Crippen LogP contribution is 2.44. The Bertz CT molecular complexity index is 922. The lowest BCUT2D eigenvalue weighted by molar-refractivity contribution is -0.140. The second kappa shape index (κ2) is 8.65. The minimum Gasteiger partial charge on any atom is -0.480 e. The first-order valence-electron chi connectivity index (χ1n) is 10.6. The molecule has 0 spiro atoms. The van der Waals surface area contributed by atoms with Gasteiger partial charge in [-0.1, -0.05) is 48.5 Å². The molecular weight excluding hydrogens is 404 g/mol. The van der Waals surface area contributed by atoms with Gasteiger partial charge >= 0.3 is 12.1 Å². The number of carboxylic acid groups (broad SMARTS) is 1. The minimum atomic E-state index is -2.67. The van der Waals surface area contributed by atoms with Crippen LogP contribution in [-0.4, -0.2) is 35.7 Å². The number of carbonyl (C=O) groups excluding carboxylic acids is 1. The van der Waals surface area contributed by atoms with Gasteiger partial charge in [0.15, 0.2) is 0 Å². The highest BCUT2D eigenvalue weighted by atomic mass is 19.3. The Labute approximate surface area is 179 Å². The molecule has 0 heterocycles. The topological polar surface area (TPSA) is 75.6 Å². The van der Waals surface area contributed by atoms with Gasteiger partial charge in [0.2, 0.25) is 5.92 Å². The summed E-state index contributed by atoms with van der Waals surface area (Å²) in [5, 5.41) is 11.9. The molecule has 1 amide bonds. The lowest BCUT2D eigenvalue weighted by Crippen LogP contribution is -2.43. The van der Waals surface area contributed by atoms with E-state index >= 15 is 0 Å². The standard InChI is InChI=1S/C24H25F2NO4/c25-24(26)11-9-15(10-12-24)13-21(22(28)29)27-23(30)31-14-20-18-7-3-1-5-16(18)17-6-2-4-8-19(17)20/h1-8,15,20-21H,9-14H2,(H,27,30)(H,28,29)/t21-/m1/s1. The monoisotopic (exact) mass is 429 g/mol. The zero-order valence-electron chi connectivity index (χ0n) is 17.0. The van der Waals surface area contributed by atoms with Crippen molar-refractivity contribution in [2.45, 2.75) is 50.0 Å². The molecule has 0 aliphatic heterocycles. The highest BCUT2D eigenvalue weighted by molar-refractivity contribution is 5.81. The average Bonchev–Trinajstić information content (AvgIpc) is 3.07. The highest BCUT2D eigenvalue weighted by Gasteiger charge is 2.37. The van der Waals surface area contributed by atoms with Gasteiger partial charge in [-0.25, -0.2) is 18.4 Å². The van der Waals surface area contributed by atoms with E-state index in [1.54, 1.807) is 0 Å². The first-order valence-corrected chi connectivity index (χ1v) is 10.6. The molecule has 0 saturated heterocycles.